The van der Waals surface area contributed by atoms with Crippen LogP contribution >= 0.6 is 0 Å². The molecule has 1 rings (SSSR count). The van der Waals surface area contributed by atoms with Crippen LogP contribution in [-0.4, -0.2) is 18.6 Å². The summed E-state index contributed by atoms with van der Waals surface area (Å²) >= 11 is 0. The van der Waals surface area contributed by atoms with Gasteiger partial charge in [-0.3, -0.25) is 0 Å². The maximum Gasteiger partial charge on any atom is 0.159 e. The molecule has 0 saturated carbocycles. The van der Waals surface area contributed by atoms with Crippen molar-refractivity contribution in [3.63, 3.8) is 0 Å². The van der Waals surface area contributed by atoms with Crippen LogP contribution in [0.4, 0.5) is 8.78 Å². The predicted octanol–water partition coefficient (Wildman–Crippen LogP) is 2.83. The van der Waals surface area contributed by atoms with Crippen LogP contribution in [0.3, 0.4) is 0 Å². The highest BCUT2D eigenvalue weighted by atomic mass is 19.2. The van der Waals surface area contributed by atoms with Gasteiger partial charge in [-0.15, -0.1) is 0 Å². The zero-order chi connectivity index (χ0) is 13.6. The van der Waals surface area contributed by atoms with E-state index in [1.54, 1.807) is 6.07 Å². The largest absolute Gasteiger partial charge is 0.313 e. The summed E-state index contributed by atoms with van der Waals surface area (Å²) in [5, 5.41) is 6.59. The van der Waals surface area contributed by atoms with E-state index >= 15 is 0 Å². The van der Waals surface area contributed by atoms with E-state index < -0.39 is 11.6 Å². The third-order valence-corrected chi connectivity index (χ3v) is 2.50. The molecule has 102 valence electrons. The van der Waals surface area contributed by atoms with Crippen LogP contribution < -0.4 is 10.6 Å². The monoisotopic (exact) mass is 256 g/mol. The second kappa shape index (κ2) is 6.81. The fraction of sp³-hybridized carbons (Fsp3) is 0.571. The van der Waals surface area contributed by atoms with Crippen LogP contribution in [0.2, 0.25) is 0 Å². The van der Waals surface area contributed by atoms with Gasteiger partial charge >= 0.3 is 0 Å². The Morgan fingerprint density at radius 2 is 1.78 bits per heavy atom. The minimum atomic E-state index is -0.798. The van der Waals surface area contributed by atoms with Crippen molar-refractivity contribution in [2.45, 2.75) is 39.3 Å². The van der Waals surface area contributed by atoms with Gasteiger partial charge in [0.25, 0.3) is 0 Å². The molecule has 2 N–H and O–H groups in total. The molecule has 0 aliphatic carbocycles. The molecule has 1 aromatic rings. The molecule has 2 nitrogen and oxygen atoms in total. The fourth-order valence-electron chi connectivity index (χ4n) is 1.56. The van der Waals surface area contributed by atoms with Crippen LogP contribution in [0.5, 0.6) is 0 Å². The molecule has 0 heterocycles. The molecule has 0 amide bonds. The van der Waals surface area contributed by atoms with Gasteiger partial charge in [0.15, 0.2) is 11.6 Å². The lowest BCUT2D eigenvalue weighted by Crippen LogP contribution is -2.37. The van der Waals surface area contributed by atoms with Crippen LogP contribution in [0.1, 0.15) is 32.8 Å². The van der Waals surface area contributed by atoms with Gasteiger partial charge in [0.05, 0.1) is 0 Å². The summed E-state index contributed by atoms with van der Waals surface area (Å²) in [7, 11) is 0. The first kappa shape index (κ1) is 15.1. The molecule has 0 aromatic heterocycles. The number of benzene rings is 1. The smallest absolute Gasteiger partial charge is 0.159 e. The Morgan fingerprint density at radius 3 is 2.39 bits per heavy atom. The maximum absolute atomic E-state index is 12.9. The van der Waals surface area contributed by atoms with E-state index in [1.807, 2.05) is 0 Å². The summed E-state index contributed by atoms with van der Waals surface area (Å²) in [6.45, 7) is 8.73. The van der Waals surface area contributed by atoms with Gasteiger partial charge in [-0.25, -0.2) is 8.78 Å². The van der Waals surface area contributed by atoms with E-state index in [1.165, 1.54) is 6.07 Å². The molecule has 4 heteroatoms. The summed E-state index contributed by atoms with van der Waals surface area (Å²) in [4.78, 5) is 0. The van der Waals surface area contributed by atoms with E-state index in [9.17, 15) is 8.78 Å². The average molecular weight is 256 g/mol. The molecule has 0 unspecified atom stereocenters. The number of hydrogen-bond donors (Lipinski definition) is 2. The standard InChI is InChI=1S/C14H22F2N2/c1-14(2,3)18-8-4-7-17-10-11-5-6-12(15)13(16)9-11/h5-6,9,17-18H,4,7-8,10H2,1-3H3. The average Bonchev–Trinajstić information content (AvgIpc) is 2.26. The minimum Gasteiger partial charge on any atom is -0.313 e. The molecule has 0 aliphatic rings. The Bertz CT molecular complexity index is 373. The molecule has 18 heavy (non-hydrogen) atoms. The molecule has 0 atom stereocenters. The lowest BCUT2D eigenvalue weighted by Gasteiger charge is -2.20. The van der Waals surface area contributed by atoms with Crippen LogP contribution in [0.15, 0.2) is 18.2 Å². The quantitative estimate of drug-likeness (QED) is 0.765. The number of rotatable bonds is 6. The van der Waals surface area contributed by atoms with Crippen LogP contribution in [-0.2, 0) is 6.54 Å². The summed E-state index contributed by atoms with van der Waals surface area (Å²) in [5.41, 5.74) is 0.901. The zero-order valence-corrected chi connectivity index (χ0v) is 11.3. The van der Waals surface area contributed by atoms with Crippen LogP contribution in [0, 0.1) is 11.6 Å². The van der Waals surface area contributed by atoms with Crippen molar-refractivity contribution < 1.29 is 8.78 Å². The molecule has 0 radical (unpaired) electrons. The van der Waals surface area contributed by atoms with E-state index in [0.29, 0.717) is 6.54 Å². The third-order valence-electron chi connectivity index (χ3n) is 2.50. The lowest BCUT2D eigenvalue weighted by atomic mass is 10.1. The Labute approximate surface area is 108 Å². The van der Waals surface area contributed by atoms with Gasteiger partial charge in [0.1, 0.15) is 0 Å². The number of nitrogens with one attached hydrogen (secondary N) is 2. The molecule has 0 spiro atoms. The summed E-state index contributed by atoms with van der Waals surface area (Å²) < 4.78 is 25.6. The summed E-state index contributed by atoms with van der Waals surface area (Å²) in [6, 6.07) is 3.99. The summed E-state index contributed by atoms with van der Waals surface area (Å²) in [5.74, 6) is -1.59. The maximum atomic E-state index is 12.9. The topological polar surface area (TPSA) is 24.1 Å². The van der Waals surface area contributed by atoms with E-state index in [-0.39, 0.29) is 5.54 Å². The van der Waals surface area contributed by atoms with Crippen molar-refractivity contribution in [1.82, 2.24) is 10.6 Å². The van der Waals surface area contributed by atoms with Gasteiger partial charge < -0.3 is 10.6 Å². The minimum absolute atomic E-state index is 0.139. The Morgan fingerprint density at radius 1 is 1.06 bits per heavy atom. The van der Waals surface area contributed by atoms with Crippen LogP contribution in [0.25, 0.3) is 0 Å². The van der Waals surface area contributed by atoms with Crippen molar-refractivity contribution in [3.8, 4) is 0 Å². The Hall–Kier alpha value is -1.00. The molecule has 0 fully saturated rings. The van der Waals surface area contributed by atoms with Gasteiger partial charge in [-0.05, 0) is 58.0 Å². The van der Waals surface area contributed by atoms with Crippen molar-refractivity contribution in [2.75, 3.05) is 13.1 Å². The van der Waals surface area contributed by atoms with Gasteiger partial charge in [-0.1, -0.05) is 6.07 Å². The highest BCUT2D eigenvalue weighted by Crippen LogP contribution is 2.08. The first-order valence-corrected chi connectivity index (χ1v) is 6.28. The van der Waals surface area contributed by atoms with E-state index in [0.717, 1.165) is 31.1 Å². The molecule has 0 aliphatic heterocycles. The van der Waals surface area contributed by atoms with Gasteiger partial charge in [0, 0.05) is 12.1 Å². The predicted molar refractivity (Wildman–Crippen MR) is 70.4 cm³/mol. The Kier molecular flexibility index (Phi) is 5.69. The summed E-state index contributed by atoms with van der Waals surface area (Å²) in [6.07, 6.45) is 1.00. The highest BCUT2D eigenvalue weighted by molar-refractivity contribution is 5.17. The second-order valence-electron chi connectivity index (χ2n) is 5.46. The molecule has 1 aromatic carbocycles. The van der Waals surface area contributed by atoms with Crippen molar-refractivity contribution >= 4 is 0 Å². The third kappa shape index (κ3) is 6.07. The SMILES string of the molecule is CC(C)(C)NCCCNCc1ccc(F)c(F)c1. The van der Waals surface area contributed by atoms with Gasteiger partial charge in [-0.2, -0.15) is 0 Å². The highest BCUT2D eigenvalue weighted by Gasteiger charge is 2.07. The first-order valence-electron chi connectivity index (χ1n) is 6.28. The number of hydrogen-bond acceptors (Lipinski definition) is 2. The Balaban J connectivity index is 2.16. The van der Waals surface area contributed by atoms with Crippen molar-refractivity contribution in [3.05, 3.63) is 35.4 Å². The second-order valence-corrected chi connectivity index (χ2v) is 5.46. The van der Waals surface area contributed by atoms with Crippen molar-refractivity contribution in [2.24, 2.45) is 0 Å². The lowest BCUT2D eigenvalue weighted by molar-refractivity contribution is 0.418. The number of halogens is 2. The van der Waals surface area contributed by atoms with Gasteiger partial charge in [0.2, 0.25) is 0 Å². The molecule has 0 bridgehead atoms. The molecular formula is C14H22F2N2. The first-order chi connectivity index (χ1) is 8.38. The fourth-order valence-corrected chi connectivity index (χ4v) is 1.56. The van der Waals surface area contributed by atoms with Crippen molar-refractivity contribution in [1.29, 1.82) is 0 Å². The zero-order valence-electron chi connectivity index (χ0n) is 11.3. The molecule has 0 saturated heterocycles. The molecular weight excluding hydrogens is 234 g/mol. The van der Waals surface area contributed by atoms with E-state index in [2.05, 4.69) is 31.4 Å². The normalized spacial score (nSPS) is 11.8. The van der Waals surface area contributed by atoms with E-state index in [4.69, 9.17) is 0 Å².